The molecular formula is C23H26FN5OS. The fourth-order valence-corrected chi connectivity index (χ4v) is 5.87. The zero-order valence-corrected chi connectivity index (χ0v) is 18.4. The lowest BCUT2D eigenvalue weighted by molar-refractivity contribution is -0.126. The Kier molecular flexibility index (Phi) is 5.58. The topological polar surface area (TPSA) is 62.0 Å². The van der Waals surface area contributed by atoms with Crippen molar-refractivity contribution in [3.8, 4) is 11.3 Å². The second-order valence-electron chi connectivity index (χ2n) is 8.49. The van der Waals surface area contributed by atoms with Crippen LogP contribution in [-0.2, 0) is 17.6 Å². The fourth-order valence-electron chi connectivity index (χ4n) is 4.66. The van der Waals surface area contributed by atoms with Gasteiger partial charge in [-0.1, -0.05) is 12.1 Å². The molecule has 8 heteroatoms. The van der Waals surface area contributed by atoms with Gasteiger partial charge in [-0.3, -0.25) is 9.20 Å². The minimum atomic E-state index is -0.298. The number of nitrogens with one attached hydrogen (secondary N) is 1. The quantitative estimate of drug-likeness (QED) is 0.496. The van der Waals surface area contributed by atoms with E-state index in [0.717, 1.165) is 55.8 Å². The monoisotopic (exact) mass is 439 g/mol. The van der Waals surface area contributed by atoms with Crippen LogP contribution in [0.4, 0.5) is 4.39 Å². The first kappa shape index (κ1) is 20.3. The van der Waals surface area contributed by atoms with Crippen LogP contribution in [0.3, 0.4) is 0 Å². The number of likely N-dealkylation sites (tertiary alicyclic amines) is 1. The number of hydrogen-bond acceptors (Lipinski definition) is 5. The molecule has 31 heavy (non-hydrogen) atoms. The van der Waals surface area contributed by atoms with Gasteiger partial charge >= 0.3 is 0 Å². The van der Waals surface area contributed by atoms with E-state index >= 15 is 0 Å². The molecule has 2 aromatic heterocycles. The number of piperidine rings is 1. The normalized spacial score (nSPS) is 19.7. The highest BCUT2D eigenvalue weighted by atomic mass is 32.1. The van der Waals surface area contributed by atoms with Gasteiger partial charge in [-0.05, 0) is 64.3 Å². The van der Waals surface area contributed by atoms with E-state index in [0.29, 0.717) is 11.3 Å². The van der Waals surface area contributed by atoms with E-state index in [4.69, 9.17) is 4.98 Å². The smallest absolute Gasteiger partial charge is 0.244 e. The number of aryl methyl sites for hydroxylation is 2. The van der Waals surface area contributed by atoms with Gasteiger partial charge in [0.05, 0.1) is 23.5 Å². The number of amides is 1. The van der Waals surface area contributed by atoms with E-state index in [1.807, 2.05) is 13.1 Å². The summed E-state index contributed by atoms with van der Waals surface area (Å²) in [5.74, 6) is -0.394. The van der Waals surface area contributed by atoms with Crippen LogP contribution in [0.25, 0.3) is 16.2 Å². The van der Waals surface area contributed by atoms with E-state index in [9.17, 15) is 9.18 Å². The maximum atomic E-state index is 13.9. The Morgan fingerprint density at radius 2 is 2.19 bits per heavy atom. The minimum Gasteiger partial charge on any atom is -0.306 e. The molecule has 1 N–H and O–H groups in total. The molecule has 1 fully saturated rings. The summed E-state index contributed by atoms with van der Waals surface area (Å²) in [5, 5.41) is 4.31. The number of carbonyl (C=O) groups is 1. The first-order chi connectivity index (χ1) is 15.1. The van der Waals surface area contributed by atoms with E-state index in [1.165, 1.54) is 29.1 Å². The fraction of sp³-hybridized carbons (Fsp3) is 0.435. The summed E-state index contributed by atoms with van der Waals surface area (Å²) in [4.78, 5) is 21.9. The van der Waals surface area contributed by atoms with Crippen molar-refractivity contribution in [1.29, 1.82) is 0 Å². The third-order valence-electron chi connectivity index (χ3n) is 6.21. The van der Waals surface area contributed by atoms with Gasteiger partial charge in [0.1, 0.15) is 5.82 Å². The maximum absolute atomic E-state index is 13.9. The summed E-state index contributed by atoms with van der Waals surface area (Å²) < 4.78 is 16.1. The molecule has 0 radical (unpaired) electrons. The van der Waals surface area contributed by atoms with Crippen LogP contribution >= 0.6 is 11.3 Å². The van der Waals surface area contributed by atoms with Crippen molar-refractivity contribution in [2.24, 2.45) is 11.0 Å². The van der Waals surface area contributed by atoms with Crippen molar-refractivity contribution < 1.29 is 9.18 Å². The zero-order chi connectivity index (χ0) is 21.4. The SMILES string of the molecule is CN1CCCC(C(=O)NN=Cc2c(-c3cccc(F)c3)nc3sc4c(n23)CCCC4)C1. The third-order valence-corrected chi connectivity index (χ3v) is 7.35. The lowest BCUT2D eigenvalue weighted by atomic mass is 9.98. The number of thiazole rings is 1. The van der Waals surface area contributed by atoms with Gasteiger partial charge in [0.2, 0.25) is 5.91 Å². The molecule has 5 rings (SSSR count). The number of benzene rings is 1. The van der Waals surface area contributed by atoms with Crippen molar-refractivity contribution in [3.05, 3.63) is 46.3 Å². The molecule has 3 heterocycles. The van der Waals surface area contributed by atoms with Crippen molar-refractivity contribution in [2.75, 3.05) is 20.1 Å². The van der Waals surface area contributed by atoms with E-state index < -0.39 is 0 Å². The van der Waals surface area contributed by atoms with E-state index in [1.54, 1.807) is 23.6 Å². The molecule has 1 aliphatic heterocycles. The van der Waals surface area contributed by atoms with Crippen LogP contribution in [0.1, 0.15) is 41.9 Å². The molecule has 162 valence electrons. The Bertz CT molecular complexity index is 1150. The van der Waals surface area contributed by atoms with E-state index in [-0.39, 0.29) is 17.6 Å². The number of nitrogens with zero attached hydrogens (tertiary/aromatic N) is 4. The lowest BCUT2D eigenvalue weighted by Gasteiger charge is -2.28. The van der Waals surface area contributed by atoms with Crippen LogP contribution in [-0.4, -0.2) is 46.5 Å². The van der Waals surface area contributed by atoms with Gasteiger partial charge in [-0.25, -0.2) is 14.8 Å². The Hall–Kier alpha value is -2.58. The van der Waals surface area contributed by atoms with Crippen LogP contribution < -0.4 is 5.43 Å². The highest BCUT2D eigenvalue weighted by Crippen LogP contribution is 2.34. The number of hydrogen-bond donors (Lipinski definition) is 1. The third kappa shape index (κ3) is 4.02. The number of rotatable bonds is 4. The minimum absolute atomic E-state index is 0.0436. The first-order valence-electron chi connectivity index (χ1n) is 10.9. The van der Waals surface area contributed by atoms with Crippen LogP contribution in [0, 0.1) is 11.7 Å². The Labute approximate surface area is 184 Å². The van der Waals surface area contributed by atoms with Crippen molar-refractivity contribution in [1.82, 2.24) is 19.7 Å². The molecular weight excluding hydrogens is 413 g/mol. The second kappa shape index (κ2) is 8.51. The van der Waals surface area contributed by atoms with Crippen molar-refractivity contribution in [2.45, 2.75) is 38.5 Å². The van der Waals surface area contributed by atoms with Gasteiger partial charge in [-0.2, -0.15) is 5.10 Å². The molecule has 1 atom stereocenters. The molecule has 2 aliphatic rings. The van der Waals surface area contributed by atoms with Gasteiger partial charge in [-0.15, -0.1) is 11.3 Å². The summed E-state index contributed by atoms with van der Waals surface area (Å²) in [7, 11) is 2.04. The van der Waals surface area contributed by atoms with Crippen LogP contribution in [0.2, 0.25) is 0 Å². The van der Waals surface area contributed by atoms with Crippen LogP contribution in [0.15, 0.2) is 29.4 Å². The number of aromatic nitrogens is 2. The number of hydrazone groups is 1. The summed E-state index contributed by atoms with van der Waals surface area (Å²) in [5.41, 5.74) is 6.19. The number of carbonyl (C=O) groups excluding carboxylic acids is 1. The molecule has 3 aromatic rings. The predicted molar refractivity (Wildman–Crippen MR) is 121 cm³/mol. The van der Waals surface area contributed by atoms with Gasteiger partial charge < -0.3 is 4.90 Å². The van der Waals surface area contributed by atoms with Gasteiger partial charge in [0.15, 0.2) is 4.96 Å². The number of imidazole rings is 1. The van der Waals surface area contributed by atoms with Crippen LogP contribution in [0.5, 0.6) is 0 Å². The van der Waals surface area contributed by atoms with Crippen molar-refractivity contribution >= 4 is 28.4 Å². The summed E-state index contributed by atoms with van der Waals surface area (Å²) in [6, 6.07) is 6.47. The van der Waals surface area contributed by atoms with Crippen molar-refractivity contribution in [3.63, 3.8) is 0 Å². The molecule has 1 aliphatic carbocycles. The molecule has 0 bridgehead atoms. The average molecular weight is 440 g/mol. The molecule has 1 unspecified atom stereocenters. The highest BCUT2D eigenvalue weighted by molar-refractivity contribution is 7.17. The summed E-state index contributed by atoms with van der Waals surface area (Å²) >= 11 is 1.70. The molecule has 1 aromatic carbocycles. The zero-order valence-electron chi connectivity index (χ0n) is 17.6. The molecule has 6 nitrogen and oxygen atoms in total. The molecule has 1 amide bonds. The Morgan fingerprint density at radius 3 is 3.03 bits per heavy atom. The molecule has 1 saturated heterocycles. The van der Waals surface area contributed by atoms with Gasteiger partial charge in [0, 0.05) is 22.7 Å². The molecule has 0 saturated carbocycles. The highest BCUT2D eigenvalue weighted by Gasteiger charge is 2.25. The number of halogens is 1. The average Bonchev–Trinajstić information content (AvgIpc) is 3.30. The predicted octanol–water partition coefficient (Wildman–Crippen LogP) is 3.87. The summed E-state index contributed by atoms with van der Waals surface area (Å²) in [6.45, 7) is 1.78. The largest absolute Gasteiger partial charge is 0.306 e. The van der Waals surface area contributed by atoms with E-state index in [2.05, 4.69) is 19.8 Å². The molecule has 0 spiro atoms. The lowest BCUT2D eigenvalue weighted by Crippen LogP contribution is -2.40. The maximum Gasteiger partial charge on any atom is 0.244 e. The standard InChI is InChI=1S/C23H26FN5OS/c1-28-11-5-7-16(14-28)22(30)27-25-13-19-21(15-6-4-8-17(24)12-15)26-23-29(19)18-9-2-3-10-20(18)31-23/h4,6,8,12-13,16H,2-3,5,7,9-11,14H2,1H3,(H,27,30). The Balaban J connectivity index is 1.49. The van der Waals surface area contributed by atoms with Gasteiger partial charge in [0.25, 0.3) is 0 Å². The summed E-state index contributed by atoms with van der Waals surface area (Å²) in [6.07, 6.45) is 7.99. The second-order valence-corrected chi connectivity index (χ2v) is 9.55. The number of fused-ring (bicyclic) bond motifs is 3. The Morgan fingerprint density at radius 1 is 1.32 bits per heavy atom. The first-order valence-corrected chi connectivity index (χ1v) is 11.7.